The molecule has 2 nitrogen and oxygen atoms in total. The summed E-state index contributed by atoms with van der Waals surface area (Å²) >= 11 is 0. The van der Waals surface area contributed by atoms with Gasteiger partial charge in [-0.05, 0) is 0 Å². The van der Waals surface area contributed by atoms with Gasteiger partial charge in [0.2, 0.25) is 0 Å². The van der Waals surface area contributed by atoms with Crippen LogP contribution < -0.4 is 5.73 Å². The Kier molecular flexibility index (Phi) is 2.10. The first kappa shape index (κ1) is 5.19. The summed E-state index contributed by atoms with van der Waals surface area (Å²) in [5.74, 6) is 0. The van der Waals surface area contributed by atoms with E-state index in [1.165, 1.54) is 0 Å². The van der Waals surface area contributed by atoms with Gasteiger partial charge in [0.15, 0.2) is 0 Å². The van der Waals surface area contributed by atoms with E-state index < -0.39 is 0 Å². The maximum absolute atomic E-state index is 7.91. The molecular formula is C4H6N2. The van der Waals surface area contributed by atoms with Gasteiger partial charge in [0.05, 0.1) is 6.07 Å². The Morgan fingerprint density at radius 3 is 2.50 bits per heavy atom. The van der Waals surface area contributed by atoms with Crippen LogP contribution in [0.25, 0.3) is 0 Å². The minimum Gasteiger partial charge on any atom is -0.326 e. The molecule has 0 aliphatic rings. The largest absolute Gasteiger partial charge is 0.326 e. The SMILES string of the molecule is C=C(C#N)CN. The Morgan fingerprint density at radius 1 is 2.00 bits per heavy atom. The molecule has 6 heavy (non-hydrogen) atoms. The highest BCUT2D eigenvalue weighted by Gasteiger charge is 1.77. The monoisotopic (exact) mass is 82.1 g/mol. The first-order valence-electron chi connectivity index (χ1n) is 1.59. The fraction of sp³-hybridized carbons (Fsp3) is 0.250. The van der Waals surface area contributed by atoms with E-state index in [1.54, 1.807) is 6.07 Å². The quantitative estimate of drug-likeness (QED) is 0.453. The van der Waals surface area contributed by atoms with E-state index in [4.69, 9.17) is 11.0 Å². The van der Waals surface area contributed by atoms with Crippen LogP contribution in [0.4, 0.5) is 0 Å². The molecule has 0 aromatic rings. The Bertz CT molecular complexity index is 88.2. The number of nitrogens with two attached hydrogens (primary N) is 1. The van der Waals surface area contributed by atoms with Crippen molar-refractivity contribution >= 4 is 0 Å². The van der Waals surface area contributed by atoms with Gasteiger partial charge < -0.3 is 5.73 Å². The van der Waals surface area contributed by atoms with Gasteiger partial charge in [-0.3, -0.25) is 0 Å². The third-order valence-electron chi connectivity index (χ3n) is 0.405. The highest BCUT2D eigenvalue weighted by molar-refractivity contribution is 5.16. The van der Waals surface area contributed by atoms with E-state index in [2.05, 4.69) is 6.58 Å². The summed E-state index contributed by atoms with van der Waals surface area (Å²) in [5.41, 5.74) is 5.39. The van der Waals surface area contributed by atoms with Crippen LogP contribution in [0, 0.1) is 11.3 Å². The van der Waals surface area contributed by atoms with Gasteiger partial charge in [-0.2, -0.15) is 5.26 Å². The highest BCUT2D eigenvalue weighted by Crippen LogP contribution is 1.75. The minimum atomic E-state index is 0.274. The second-order valence-electron chi connectivity index (χ2n) is 0.919. The lowest BCUT2D eigenvalue weighted by Gasteiger charge is -1.77. The van der Waals surface area contributed by atoms with Gasteiger partial charge in [-0.1, -0.05) is 6.58 Å². The summed E-state index contributed by atoms with van der Waals surface area (Å²) in [6.45, 7) is 3.58. The number of nitrogens with zero attached hydrogens (tertiary/aromatic N) is 1. The third kappa shape index (κ3) is 1.50. The van der Waals surface area contributed by atoms with Crippen LogP contribution in [0.3, 0.4) is 0 Å². The van der Waals surface area contributed by atoms with Crippen molar-refractivity contribution in [2.24, 2.45) is 5.73 Å². The lowest BCUT2D eigenvalue weighted by Crippen LogP contribution is -1.98. The summed E-state index contributed by atoms with van der Waals surface area (Å²) in [7, 11) is 0. The summed E-state index contributed by atoms with van der Waals surface area (Å²) in [6.07, 6.45) is 0. The molecule has 0 radical (unpaired) electrons. The number of hydrogen-bond donors (Lipinski definition) is 1. The van der Waals surface area contributed by atoms with Crippen LogP contribution in [0.15, 0.2) is 12.2 Å². The van der Waals surface area contributed by atoms with Crippen LogP contribution in [-0.2, 0) is 0 Å². The van der Waals surface area contributed by atoms with E-state index in [0.29, 0.717) is 5.57 Å². The third-order valence-corrected chi connectivity index (χ3v) is 0.405. The number of hydrogen-bond acceptors (Lipinski definition) is 2. The summed E-state index contributed by atoms with van der Waals surface area (Å²) < 4.78 is 0. The lowest BCUT2D eigenvalue weighted by molar-refractivity contribution is 1.20. The topological polar surface area (TPSA) is 49.8 Å². The van der Waals surface area contributed by atoms with Crippen molar-refractivity contribution in [3.05, 3.63) is 12.2 Å². The van der Waals surface area contributed by atoms with E-state index in [1.807, 2.05) is 0 Å². The molecule has 0 saturated heterocycles. The predicted octanol–water partition coefficient (Wildman–Crippen LogP) is 0.0249. The zero-order valence-electron chi connectivity index (χ0n) is 3.44. The van der Waals surface area contributed by atoms with Gasteiger partial charge >= 0.3 is 0 Å². The smallest absolute Gasteiger partial charge is 0.0954 e. The molecule has 0 unspecified atom stereocenters. The summed E-state index contributed by atoms with van der Waals surface area (Å²) in [4.78, 5) is 0. The van der Waals surface area contributed by atoms with Crippen molar-refractivity contribution in [3.8, 4) is 6.07 Å². The molecule has 0 aliphatic carbocycles. The van der Waals surface area contributed by atoms with Gasteiger partial charge in [-0.15, -0.1) is 0 Å². The summed E-state index contributed by atoms with van der Waals surface area (Å²) in [6, 6.07) is 1.80. The molecule has 0 spiro atoms. The molecular weight excluding hydrogens is 76.1 g/mol. The minimum absolute atomic E-state index is 0.274. The molecule has 0 atom stereocenters. The zero-order valence-corrected chi connectivity index (χ0v) is 3.44. The summed E-state index contributed by atoms with van der Waals surface area (Å²) in [5, 5.41) is 7.91. The van der Waals surface area contributed by atoms with Crippen molar-refractivity contribution in [2.45, 2.75) is 0 Å². The number of nitriles is 1. The second kappa shape index (κ2) is 2.43. The van der Waals surface area contributed by atoms with Crippen molar-refractivity contribution < 1.29 is 0 Å². The van der Waals surface area contributed by atoms with Crippen LogP contribution in [0.2, 0.25) is 0 Å². The first-order chi connectivity index (χ1) is 2.81. The molecule has 0 fully saturated rings. The van der Waals surface area contributed by atoms with E-state index in [-0.39, 0.29) is 6.54 Å². The second-order valence-corrected chi connectivity index (χ2v) is 0.919. The van der Waals surface area contributed by atoms with E-state index in [9.17, 15) is 0 Å². The average molecular weight is 82.1 g/mol. The molecule has 0 saturated carbocycles. The van der Waals surface area contributed by atoms with Crippen molar-refractivity contribution in [2.75, 3.05) is 6.54 Å². The molecule has 2 N–H and O–H groups in total. The highest BCUT2D eigenvalue weighted by atomic mass is 14.5. The Balaban J connectivity index is 3.33. The molecule has 32 valence electrons. The Labute approximate surface area is 36.9 Å². The van der Waals surface area contributed by atoms with Crippen LogP contribution in [0.1, 0.15) is 0 Å². The van der Waals surface area contributed by atoms with E-state index in [0.717, 1.165) is 0 Å². The van der Waals surface area contributed by atoms with Crippen LogP contribution in [-0.4, -0.2) is 6.54 Å². The average Bonchev–Trinajstić information content (AvgIpc) is 1.65. The van der Waals surface area contributed by atoms with Crippen LogP contribution in [0.5, 0.6) is 0 Å². The molecule has 0 aliphatic heterocycles. The van der Waals surface area contributed by atoms with Gasteiger partial charge in [0.1, 0.15) is 0 Å². The normalized spacial score (nSPS) is 6.67. The standard InChI is InChI=1S/C4H6N2/c1-4(2-5)3-6/h1-2,5H2. The molecule has 0 bridgehead atoms. The first-order valence-corrected chi connectivity index (χ1v) is 1.59. The Morgan fingerprint density at radius 2 is 2.50 bits per heavy atom. The fourth-order valence-electron chi connectivity index (χ4n) is 0.0456. The molecule has 0 amide bonds. The fourth-order valence-corrected chi connectivity index (χ4v) is 0.0456. The van der Waals surface area contributed by atoms with Gasteiger partial charge in [-0.25, -0.2) is 0 Å². The molecule has 0 heterocycles. The van der Waals surface area contributed by atoms with Gasteiger partial charge in [0, 0.05) is 12.1 Å². The van der Waals surface area contributed by atoms with Crippen LogP contribution >= 0.6 is 0 Å². The zero-order chi connectivity index (χ0) is 4.99. The van der Waals surface area contributed by atoms with E-state index >= 15 is 0 Å². The molecule has 0 aromatic heterocycles. The number of rotatable bonds is 1. The maximum atomic E-state index is 7.91. The van der Waals surface area contributed by atoms with Gasteiger partial charge in [0.25, 0.3) is 0 Å². The predicted molar refractivity (Wildman–Crippen MR) is 23.8 cm³/mol. The van der Waals surface area contributed by atoms with Crippen molar-refractivity contribution in [1.29, 1.82) is 5.26 Å². The lowest BCUT2D eigenvalue weighted by atomic mass is 10.4. The molecule has 2 heteroatoms. The maximum Gasteiger partial charge on any atom is 0.0954 e. The molecule has 0 rings (SSSR count). The molecule has 0 aromatic carbocycles. The van der Waals surface area contributed by atoms with Crippen molar-refractivity contribution in [1.82, 2.24) is 0 Å². The Hall–Kier alpha value is -0.810. The van der Waals surface area contributed by atoms with Crippen molar-refractivity contribution in [3.63, 3.8) is 0 Å².